The van der Waals surface area contributed by atoms with E-state index in [1.807, 2.05) is 11.3 Å². The summed E-state index contributed by atoms with van der Waals surface area (Å²) in [7, 11) is 0. The van der Waals surface area contributed by atoms with Crippen LogP contribution >= 0.6 is 11.3 Å². The van der Waals surface area contributed by atoms with Gasteiger partial charge < -0.3 is 9.64 Å². The number of hydrogen-bond acceptors (Lipinski definition) is 3. The molecule has 5 aliphatic carbocycles. The number of rotatable bonds is 3. The molecule has 1 aromatic heterocycles. The van der Waals surface area contributed by atoms with Crippen LogP contribution in [0, 0.1) is 29.1 Å². The normalized spacial score (nSPS) is 30.9. The molecule has 6 aromatic rings. The Kier molecular flexibility index (Phi) is 5.48. The van der Waals surface area contributed by atoms with Gasteiger partial charge in [-0.2, -0.15) is 0 Å². The maximum Gasteiger partial charge on any atom is 0.155 e. The Morgan fingerprint density at radius 1 is 0.647 bits per heavy atom. The molecule has 0 radical (unpaired) electrons. The molecule has 1 aliphatic heterocycles. The van der Waals surface area contributed by atoms with Crippen molar-refractivity contribution in [1.29, 1.82) is 0 Å². The number of benzene rings is 5. The van der Waals surface area contributed by atoms with Crippen LogP contribution in [0.4, 0.5) is 17.1 Å². The van der Waals surface area contributed by atoms with E-state index in [0.717, 1.165) is 35.2 Å². The molecule has 2 nitrogen and oxygen atoms in total. The molecule has 3 heteroatoms. The molecule has 4 saturated carbocycles. The zero-order valence-electron chi connectivity index (χ0n) is 30.1. The number of para-hydroxylation sites is 2. The number of nitrogens with zero attached hydrogens (tertiary/aromatic N) is 1. The topological polar surface area (TPSA) is 12.5 Å². The monoisotopic (exact) mass is 683 g/mol. The van der Waals surface area contributed by atoms with Crippen molar-refractivity contribution in [3.05, 3.63) is 125 Å². The van der Waals surface area contributed by atoms with Gasteiger partial charge in [-0.15, -0.1) is 11.3 Å². The van der Waals surface area contributed by atoms with Crippen LogP contribution in [0.2, 0.25) is 0 Å². The first kappa shape index (κ1) is 29.5. The van der Waals surface area contributed by atoms with Crippen LogP contribution < -0.4 is 9.64 Å². The highest BCUT2D eigenvalue weighted by Crippen LogP contribution is 2.89. The Morgan fingerprint density at radius 3 is 2.25 bits per heavy atom. The van der Waals surface area contributed by atoms with Crippen molar-refractivity contribution in [3.63, 3.8) is 0 Å². The molecule has 6 aliphatic rings. The van der Waals surface area contributed by atoms with Crippen LogP contribution in [0.25, 0.3) is 20.2 Å². The lowest BCUT2D eigenvalue weighted by atomic mass is 9.26. The number of ether oxygens (including phenoxy) is 1. The quantitative estimate of drug-likeness (QED) is 0.184. The predicted octanol–water partition coefficient (Wildman–Crippen LogP) is 13.3. The third-order valence-corrected chi connectivity index (χ3v) is 16.6. The van der Waals surface area contributed by atoms with Crippen molar-refractivity contribution in [3.8, 4) is 11.5 Å². The van der Waals surface area contributed by atoms with Gasteiger partial charge in [0.05, 0.1) is 11.4 Å². The van der Waals surface area contributed by atoms with Crippen LogP contribution in [-0.4, -0.2) is 0 Å². The second-order valence-corrected chi connectivity index (χ2v) is 19.5. The summed E-state index contributed by atoms with van der Waals surface area (Å²) in [4.78, 5) is 2.60. The Morgan fingerprint density at radius 2 is 1.37 bits per heavy atom. The standard InChI is InChI=1S/C48H45NOS/c1-45(2)21-22-46(3,4)43-34(45)13-9-15-36(43)49(30-19-20-40-32(26-30)31-11-5-8-18-39(31)51-40)37-16-10-14-35-44(37)50-38-17-7-6-12-33(38)48(35)41-24-28-23-29-25-42(48)47(29,41)27-28/h5-20,26,28-29,41-42H,21-25,27H2,1-4H3. The van der Waals surface area contributed by atoms with Crippen molar-refractivity contribution in [2.45, 2.75) is 82.5 Å². The van der Waals surface area contributed by atoms with Crippen molar-refractivity contribution in [2.75, 3.05) is 4.90 Å². The molecule has 2 heterocycles. The Balaban J connectivity index is 1.14. The smallest absolute Gasteiger partial charge is 0.155 e. The third kappa shape index (κ3) is 3.42. The van der Waals surface area contributed by atoms with Gasteiger partial charge in [0.15, 0.2) is 5.75 Å². The summed E-state index contributed by atoms with van der Waals surface area (Å²) in [5, 5.41) is 2.67. The fourth-order valence-corrected chi connectivity index (χ4v) is 14.5. The van der Waals surface area contributed by atoms with E-state index in [0.29, 0.717) is 5.41 Å². The lowest BCUT2D eigenvalue weighted by Crippen LogP contribution is -2.74. The van der Waals surface area contributed by atoms with Crippen molar-refractivity contribution in [2.24, 2.45) is 29.1 Å². The first-order valence-corrected chi connectivity index (χ1v) is 20.3. The zero-order chi connectivity index (χ0) is 34.1. The van der Waals surface area contributed by atoms with Crippen LogP contribution in [-0.2, 0) is 16.2 Å². The maximum absolute atomic E-state index is 7.30. The lowest BCUT2D eigenvalue weighted by Gasteiger charge is -2.77. The van der Waals surface area contributed by atoms with E-state index in [2.05, 4.69) is 136 Å². The number of hydrogen-bond donors (Lipinski definition) is 0. The minimum atomic E-state index is 0.0345. The van der Waals surface area contributed by atoms with E-state index in [1.165, 1.54) is 98.0 Å². The molecule has 5 aromatic carbocycles. The second kappa shape index (κ2) is 9.47. The van der Waals surface area contributed by atoms with Crippen LogP contribution in [0.3, 0.4) is 0 Å². The molecular weight excluding hydrogens is 639 g/mol. The highest BCUT2D eigenvalue weighted by molar-refractivity contribution is 7.25. The van der Waals surface area contributed by atoms with Gasteiger partial charge in [0, 0.05) is 42.4 Å². The molecule has 12 rings (SSSR count). The van der Waals surface area contributed by atoms with Gasteiger partial charge in [-0.1, -0.05) is 88.4 Å². The van der Waals surface area contributed by atoms with Gasteiger partial charge in [0.25, 0.3) is 0 Å². The highest BCUT2D eigenvalue weighted by Gasteiger charge is 2.84. The van der Waals surface area contributed by atoms with Crippen molar-refractivity contribution in [1.82, 2.24) is 0 Å². The average molecular weight is 684 g/mol. The molecule has 51 heavy (non-hydrogen) atoms. The molecule has 4 fully saturated rings. The van der Waals surface area contributed by atoms with Gasteiger partial charge in [0.1, 0.15) is 5.75 Å². The number of fused-ring (bicyclic) bond motifs is 11. The summed E-state index contributed by atoms with van der Waals surface area (Å²) in [5.41, 5.74) is 10.3. The SMILES string of the molecule is CC1(C)CCC(C)(C)c2c(N(c3ccc4sc5ccccc5c4c3)c3cccc4c3Oc3ccccc3C43C4CC5CC6CC3C64C5)cccc21. The van der Waals surface area contributed by atoms with E-state index in [4.69, 9.17) is 4.74 Å². The highest BCUT2D eigenvalue weighted by atomic mass is 32.1. The minimum Gasteiger partial charge on any atom is -0.455 e. The summed E-state index contributed by atoms with van der Waals surface area (Å²) in [6.45, 7) is 9.83. The van der Waals surface area contributed by atoms with Crippen LogP contribution in [0.1, 0.15) is 88.5 Å². The van der Waals surface area contributed by atoms with Gasteiger partial charge in [0.2, 0.25) is 0 Å². The van der Waals surface area contributed by atoms with Crippen LogP contribution in [0.15, 0.2) is 103 Å². The van der Waals surface area contributed by atoms with E-state index in [1.54, 1.807) is 0 Å². The maximum atomic E-state index is 7.30. The van der Waals surface area contributed by atoms with Gasteiger partial charge in [-0.3, -0.25) is 0 Å². The Hall–Kier alpha value is -4.08. The first-order chi connectivity index (χ1) is 24.7. The molecule has 0 saturated heterocycles. The summed E-state index contributed by atoms with van der Waals surface area (Å²) in [6, 6.07) is 39.5. The first-order valence-electron chi connectivity index (χ1n) is 19.5. The summed E-state index contributed by atoms with van der Waals surface area (Å²) in [6.07, 6.45) is 8.07. The molecule has 254 valence electrons. The summed E-state index contributed by atoms with van der Waals surface area (Å²) < 4.78 is 9.98. The largest absolute Gasteiger partial charge is 0.455 e. The molecular formula is C48H45NOS. The molecule has 6 atom stereocenters. The zero-order valence-corrected chi connectivity index (χ0v) is 30.9. The van der Waals surface area contributed by atoms with E-state index in [-0.39, 0.29) is 16.2 Å². The van der Waals surface area contributed by atoms with Gasteiger partial charge in [-0.05, 0) is 132 Å². The number of anilines is 3. The summed E-state index contributed by atoms with van der Waals surface area (Å²) in [5.74, 6) is 5.46. The molecule has 2 spiro atoms. The lowest BCUT2D eigenvalue weighted by molar-refractivity contribution is -0.235. The molecule has 0 N–H and O–H groups in total. The van der Waals surface area contributed by atoms with Crippen molar-refractivity contribution >= 4 is 48.6 Å². The van der Waals surface area contributed by atoms with Gasteiger partial charge in [-0.25, -0.2) is 0 Å². The Bertz CT molecular complexity index is 2490. The minimum absolute atomic E-state index is 0.0345. The Labute approximate surface area is 305 Å². The summed E-state index contributed by atoms with van der Waals surface area (Å²) >= 11 is 1.90. The van der Waals surface area contributed by atoms with Gasteiger partial charge >= 0.3 is 0 Å². The fourth-order valence-electron chi connectivity index (χ4n) is 13.4. The van der Waals surface area contributed by atoms with E-state index >= 15 is 0 Å². The second-order valence-electron chi connectivity index (χ2n) is 18.4. The van der Waals surface area contributed by atoms with E-state index in [9.17, 15) is 0 Å². The molecule has 2 bridgehead atoms. The third-order valence-electron chi connectivity index (χ3n) is 15.4. The average Bonchev–Trinajstić information content (AvgIpc) is 3.79. The predicted molar refractivity (Wildman–Crippen MR) is 211 cm³/mol. The fraction of sp³-hybridized carbons (Fsp3) is 0.375. The molecule has 0 amide bonds. The molecule has 6 unspecified atom stereocenters. The number of thiophene rings is 1. The van der Waals surface area contributed by atoms with E-state index < -0.39 is 0 Å². The van der Waals surface area contributed by atoms with Crippen LogP contribution in [0.5, 0.6) is 11.5 Å². The van der Waals surface area contributed by atoms with Crippen molar-refractivity contribution < 1.29 is 4.74 Å².